The Morgan fingerprint density at radius 1 is 1.07 bits per heavy atom. The summed E-state index contributed by atoms with van der Waals surface area (Å²) in [5.74, 6) is 2.52. The van der Waals surface area contributed by atoms with Crippen LogP contribution in [0.15, 0.2) is 36.8 Å². The minimum Gasteiger partial charge on any atom is -0.388 e. The van der Waals surface area contributed by atoms with E-state index in [2.05, 4.69) is 89.4 Å². The van der Waals surface area contributed by atoms with Gasteiger partial charge in [-0.1, -0.05) is 26.8 Å². The van der Waals surface area contributed by atoms with E-state index in [1.165, 1.54) is 36.7 Å². The number of aliphatic hydroxyl groups excluding tert-OH is 2. The molecule has 4 aromatic rings. The minimum atomic E-state index is -0.653. The van der Waals surface area contributed by atoms with Gasteiger partial charge >= 0.3 is 0 Å². The Balaban J connectivity index is 0.000000184. The highest BCUT2D eigenvalue weighted by molar-refractivity contribution is 5.83. The van der Waals surface area contributed by atoms with E-state index in [1.807, 2.05) is 6.07 Å². The molecule has 0 spiro atoms. The maximum atomic E-state index is 8.62. The summed E-state index contributed by atoms with van der Waals surface area (Å²) in [5.41, 5.74) is 11.0. The predicted octanol–water partition coefficient (Wildman–Crippen LogP) is 4.19. The lowest BCUT2D eigenvalue weighted by Gasteiger charge is -2.43. The van der Waals surface area contributed by atoms with Crippen molar-refractivity contribution >= 4 is 27.9 Å². The number of fused-ring (bicyclic) bond motifs is 2. The lowest BCUT2D eigenvalue weighted by atomic mass is 9.76. The maximum Gasteiger partial charge on any atom is 0.151 e. The summed E-state index contributed by atoms with van der Waals surface area (Å²) in [6.07, 6.45) is 6.96. The number of ether oxygens (including phenoxy) is 1. The van der Waals surface area contributed by atoms with Crippen LogP contribution in [-0.4, -0.2) is 84.6 Å². The number of H-pyrrole nitrogens is 2. The highest BCUT2D eigenvalue weighted by atomic mass is 16.5. The zero-order chi connectivity index (χ0) is 29.7. The third kappa shape index (κ3) is 8.03. The number of nitrogen functional groups attached to an aromatic ring is 1. The van der Waals surface area contributed by atoms with Gasteiger partial charge in [0, 0.05) is 24.7 Å². The van der Waals surface area contributed by atoms with Crippen LogP contribution in [0.2, 0.25) is 0 Å². The Morgan fingerprint density at radius 2 is 1.78 bits per heavy atom. The summed E-state index contributed by atoms with van der Waals surface area (Å²) in [6, 6.07) is 9.94. The van der Waals surface area contributed by atoms with Crippen molar-refractivity contribution in [2.24, 2.45) is 5.92 Å². The van der Waals surface area contributed by atoms with E-state index in [0.29, 0.717) is 11.9 Å². The van der Waals surface area contributed by atoms with Crippen molar-refractivity contribution in [3.63, 3.8) is 0 Å². The Kier molecular flexibility index (Phi) is 10.0. The number of rotatable bonds is 5. The highest BCUT2D eigenvalue weighted by Crippen LogP contribution is 2.35. The molecule has 0 amide bonds. The molecule has 1 saturated heterocycles. The molecule has 2 unspecified atom stereocenters. The van der Waals surface area contributed by atoms with E-state index in [0.717, 1.165) is 40.8 Å². The number of nitrogens with one attached hydrogen (secondary N) is 2. The molecule has 1 aliphatic heterocycles. The average Bonchev–Trinajstić information content (AvgIpc) is 3.63. The van der Waals surface area contributed by atoms with E-state index in [1.54, 1.807) is 6.20 Å². The van der Waals surface area contributed by atoms with Crippen LogP contribution < -0.4 is 5.73 Å². The van der Waals surface area contributed by atoms with Crippen molar-refractivity contribution in [1.29, 1.82) is 0 Å². The topological polar surface area (TPSA) is 149 Å². The maximum absolute atomic E-state index is 8.62. The van der Waals surface area contributed by atoms with Crippen LogP contribution in [0.4, 0.5) is 5.82 Å². The predicted molar refractivity (Wildman–Crippen MR) is 164 cm³/mol. The van der Waals surface area contributed by atoms with Crippen LogP contribution in [0.5, 0.6) is 0 Å². The fraction of sp³-hybridized carbons (Fsp3) is 0.581. The fourth-order valence-corrected chi connectivity index (χ4v) is 5.10. The number of benzene rings is 1. The molecule has 2 aliphatic rings. The average molecular weight is 566 g/mol. The second-order valence-electron chi connectivity index (χ2n) is 12.6. The number of aryl methyl sites for hydroxylation is 1. The number of anilines is 1. The van der Waals surface area contributed by atoms with Gasteiger partial charge in [0.25, 0.3) is 0 Å². The summed E-state index contributed by atoms with van der Waals surface area (Å²) in [7, 11) is 2.26. The molecular formula is C31H47N7O3. The van der Waals surface area contributed by atoms with Crippen molar-refractivity contribution in [3.05, 3.63) is 48.2 Å². The number of aromatic nitrogens is 5. The second-order valence-corrected chi connectivity index (χ2v) is 12.6. The molecule has 224 valence electrons. The summed E-state index contributed by atoms with van der Waals surface area (Å²) in [6.45, 7) is 11.9. The summed E-state index contributed by atoms with van der Waals surface area (Å²) >= 11 is 0. The molecule has 2 atom stereocenters. The van der Waals surface area contributed by atoms with Crippen molar-refractivity contribution in [1.82, 2.24) is 29.8 Å². The molecule has 6 rings (SSSR count). The first-order valence-electron chi connectivity index (χ1n) is 14.6. The Labute approximate surface area is 242 Å². The third-order valence-electron chi connectivity index (χ3n) is 8.18. The van der Waals surface area contributed by atoms with Crippen LogP contribution >= 0.6 is 0 Å². The first kappa shape index (κ1) is 30.9. The van der Waals surface area contributed by atoms with Gasteiger partial charge in [-0.05, 0) is 75.3 Å². The van der Waals surface area contributed by atoms with Crippen LogP contribution in [-0.2, 0) is 16.6 Å². The van der Waals surface area contributed by atoms with Gasteiger partial charge < -0.3 is 35.6 Å². The van der Waals surface area contributed by atoms with Crippen molar-refractivity contribution < 1.29 is 14.9 Å². The van der Waals surface area contributed by atoms with E-state index < -0.39 is 12.2 Å². The quantitative estimate of drug-likeness (QED) is 0.242. The molecule has 41 heavy (non-hydrogen) atoms. The molecule has 1 aromatic carbocycles. The molecule has 0 bridgehead atoms. The van der Waals surface area contributed by atoms with Gasteiger partial charge in [0.05, 0.1) is 29.8 Å². The lowest BCUT2D eigenvalue weighted by molar-refractivity contribution is 0.0572. The van der Waals surface area contributed by atoms with Gasteiger partial charge in [-0.15, -0.1) is 0 Å². The van der Waals surface area contributed by atoms with E-state index in [9.17, 15) is 0 Å². The normalized spacial score (nSPS) is 22.4. The van der Waals surface area contributed by atoms with Gasteiger partial charge in [0.15, 0.2) is 5.82 Å². The molecule has 2 fully saturated rings. The van der Waals surface area contributed by atoms with E-state index >= 15 is 0 Å². The summed E-state index contributed by atoms with van der Waals surface area (Å²) < 4.78 is 4.67. The number of nitrogens with zero attached hydrogens (tertiary/aromatic N) is 4. The van der Waals surface area contributed by atoms with Crippen molar-refractivity contribution in [2.45, 2.75) is 90.0 Å². The van der Waals surface area contributed by atoms with Gasteiger partial charge in [0.2, 0.25) is 0 Å². The van der Waals surface area contributed by atoms with E-state index in [-0.39, 0.29) is 18.6 Å². The molecule has 6 N–H and O–H groups in total. The summed E-state index contributed by atoms with van der Waals surface area (Å²) in [5, 5.41) is 17.2. The molecule has 1 saturated carbocycles. The van der Waals surface area contributed by atoms with Crippen LogP contribution in [0.1, 0.15) is 65.3 Å². The molecular weight excluding hydrogens is 518 g/mol. The zero-order valence-electron chi connectivity index (χ0n) is 25.3. The van der Waals surface area contributed by atoms with Crippen LogP contribution in [0.3, 0.4) is 0 Å². The fourth-order valence-electron chi connectivity index (χ4n) is 5.10. The third-order valence-corrected chi connectivity index (χ3v) is 8.18. The van der Waals surface area contributed by atoms with E-state index in [4.69, 9.17) is 20.9 Å². The van der Waals surface area contributed by atoms with Gasteiger partial charge in [-0.3, -0.25) is 0 Å². The largest absolute Gasteiger partial charge is 0.388 e. The molecule has 3 aromatic heterocycles. The number of hydrogen-bond donors (Lipinski definition) is 5. The summed E-state index contributed by atoms with van der Waals surface area (Å²) in [4.78, 5) is 21.6. The van der Waals surface area contributed by atoms with Crippen molar-refractivity contribution in [2.75, 3.05) is 26.0 Å². The SMILES string of the molecule is CC(C)N(C)C1CC(CCc2nc3ccc(C(C)(C)C)cc3[nH]2)C1.Nc1ncnc2cc[nH]c12.OC1COCC1O. The Bertz CT molecular complexity index is 1380. The molecule has 10 nitrogen and oxygen atoms in total. The standard InChI is InChI=1S/C21H33N3.C6H6N4.C4H8O3/c1-14(2)24(6)17-11-15(12-17)7-10-20-22-18-9-8-16(21(3,4)5)13-19(18)23-20;7-6-5-4(1-2-8-5)9-3-10-6;5-3-1-7-2-4(3)6/h8-9,13-15,17H,7,10-12H2,1-6H3,(H,22,23);1-3,8H,(H2,7,9,10);3-6H,1-2H2. The molecule has 10 heteroatoms. The minimum absolute atomic E-state index is 0.183. The number of aliphatic hydroxyl groups is 2. The molecule has 0 radical (unpaired) electrons. The highest BCUT2D eigenvalue weighted by Gasteiger charge is 2.32. The van der Waals surface area contributed by atoms with Gasteiger partial charge in [-0.25, -0.2) is 15.0 Å². The lowest BCUT2D eigenvalue weighted by Crippen LogP contribution is -2.45. The van der Waals surface area contributed by atoms with Crippen LogP contribution in [0.25, 0.3) is 22.1 Å². The van der Waals surface area contributed by atoms with Crippen molar-refractivity contribution in [3.8, 4) is 0 Å². The first-order valence-corrected chi connectivity index (χ1v) is 14.6. The van der Waals surface area contributed by atoms with Gasteiger partial charge in [0.1, 0.15) is 29.9 Å². The Hall–Kier alpha value is -3.05. The number of aromatic amines is 2. The zero-order valence-corrected chi connectivity index (χ0v) is 25.3. The monoisotopic (exact) mass is 565 g/mol. The van der Waals surface area contributed by atoms with Gasteiger partial charge in [-0.2, -0.15) is 0 Å². The smallest absolute Gasteiger partial charge is 0.151 e. The second kappa shape index (κ2) is 13.3. The number of imidazole rings is 1. The molecule has 4 heterocycles. The number of nitrogens with two attached hydrogens (primary N) is 1. The Morgan fingerprint density at radius 3 is 2.37 bits per heavy atom. The molecule has 1 aliphatic carbocycles. The van der Waals surface area contributed by atoms with Crippen LogP contribution in [0, 0.1) is 5.92 Å². The number of hydrogen-bond acceptors (Lipinski definition) is 8. The first-order chi connectivity index (χ1) is 19.4.